The summed E-state index contributed by atoms with van der Waals surface area (Å²) in [5.41, 5.74) is 0.968. The van der Waals surface area contributed by atoms with Crippen LogP contribution in [0.2, 0.25) is 0 Å². The second-order valence-electron chi connectivity index (χ2n) is 4.55. The summed E-state index contributed by atoms with van der Waals surface area (Å²) in [6.45, 7) is 10.9. The van der Waals surface area contributed by atoms with Gasteiger partial charge in [0.15, 0.2) is 0 Å². The Hall–Kier alpha value is -1.20. The molecule has 1 aromatic rings. The van der Waals surface area contributed by atoms with Gasteiger partial charge in [0, 0.05) is 25.4 Å². The van der Waals surface area contributed by atoms with Crippen molar-refractivity contribution >= 4 is 0 Å². The normalized spacial score (nSPS) is 11.1. The molecule has 0 spiro atoms. The molecule has 0 radical (unpaired) electrons. The Balaban J connectivity index is 2.13. The van der Waals surface area contributed by atoms with Gasteiger partial charge in [-0.3, -0.25) is 0 Å². The summed E-state index contributed by atoms with van der Waals surface area (Å²) < 4.78 is 7.32. The third-order valence-corrected chi connectivity index (χ3v) is 2.44. The smallest absolute Gasteiger partial charge is 0.0964 e. The van der Waals surface area contributed by atoms with E-state index in [1.54, 1.807) is 0 Å². The second kappa shape index (κ2) is 8.83. The number of hydrogen-bond donors (Lipinski definition) is 1. The lowest BCUT2D eigenvalue weighted by Gasteiger charge is -2.04. The monoisotopic (exact) mass is 252 g/mol. The maximum Gasteiger partial charge on any atom is 0.0964 e. The van der Waals surface area contributed by atoms with Crippen LogP contribution in [-0.4, -0.2) is 34.2 Å². The minimum absolute atomic E-state index is 0.461. The number of aromatic nitrogens is 3. The van der Waals surface area contributed by atoms with Crippen LogP contribution in [0.4, 0.5) is 0 Å². The molecule has 1 rings (SSSR count). The van der Waals surface area contributed by atoms with Crippen molar-refractivity contribution in [1.29, 1.82) is 0 Å². The molecule has 0 bridgehead atoms. The fourth-order valence-corrected chi connectivity index (χ4v) is 1.43. The van der Waals surface area contributed by atoms with Crippen molar-refractivity contribution in [3.8, 4) is 0 Å². The maximum atomic E-state index is 5.50. The van der Waals surface area contributed by atoms with Gasteiger partial charge in [0.25, 0.3) is 0 Å². The number of ether oxygens (including phenoxy) is 1. The lowest BCUT2D eigenvalue weighted by atomic mass is 10.3. The molecule has 1 heterocycles. The Morgan fingerprint density at radius 1 is 1.50 bits per heavy atom. The molecule has 0 saturated carbocycles. The van der Waals surface area contributed by atoms with Crippen molar-refractivity contribution in [3.63, 3.8) is 0 Å². The van der Waals surface area contributed by atoms with Crippen molar-refractivity contribution in [2.45, 2.75) is 45.8 Å². The summed E-state index contributed by atoms with van der Waals surface area (Å²) in [6, 6.07) is 0.461. The minimum atomic E-state index is 0.461. The fourth-order valence-electron chi connectivity index (χ4n) is 1.43. The maximum absolute atomic E-state index is 5.50. The Morgan fingerprint density at radius 2 is 2.33 bits per heavy atom. The molecule has 0 unspecified atom stereocenters. The van der Waals surface area contributed by atoms with E-state index in [0.717, 1.165) is 38.2 Å². The SMILES string of the molecule is C=CCCCOCCn1cc(CNC(C)C)nn1. The van der Waals surface area contributed by atoms with E-state index >= 15 is 0 Å². The van der Waals surface area contributed by atoms with Gasteiger partial charge in [0.2, 0.25) is 0 Å². The molecule has 0 aliphatic rings. The number of unbranched alkanes of at least 4 members (excludes halogenated alkanes) is 1. The Morgan fingerprint density at radius 3 is 3.06 bits per heavy atom. The molecule has 0 aliphatic heterocycles. The zero-order chi connectivity index (χ0) is 13.2. The zero-order valence-corrected chi connectivity index (χ0v) is 11.4. The van der Waals surface area contributed by atoms with Gasteiger partial charge in [-0.15, -0.1) is 11.7 Å². The predicted octanol–water partition coefficient (Wildman–Crippen LogP) is 1.76. The van der Waals surface area contributed by atoms with Crippen LogP contribution in [0.25, 0.3) is 0 Å². The molecular formula is C13H24N4O. The van der Waals surface area contributed by atoms with Crippen molar-refractivity contribution in [3.05, 3.63) is 24.5 Å². The lowest BCUT2D eigenvalue weighted by molar-refractivity contribution is 0.121. The molecule has 0 atom stereocenters. The number of allylic oxidation sites excluding steroid dienone is 1. The van der Waals surface area contributed by atoms with E-state index in [-0.39, 0.29) is 0 Å². The molecule has 5 nitrogen and oxygen atoms in total. The van der Waals surface area contributed by atoms with Gasteiger partial charge in [-0.25, -0.2) is 4.68 Å². The van der Waals surface area contributed by atoms with E-state index < -0.39 is 0 Å². The summed E-state index contributed by atoms with van der Waals surface area (Å²) in [7, 11) is 0. The molecule has 1 N–H and O–H groups in total. The molecule has 0 aliphatic carbocycles. The number of nitrogens with one attached hydrogen (secondary N) is 1. The molecule has 102 valence electrons. The van der Waals surface area contributed by atoms with E-state index in [0.29, 0.717) is 12.6 Å². The van der Waals surface area contributed by atoms with Gasteiger partial charge in [0.05, 0.1) is 18.8 Å². The van der Waals surface area contributed by atoms with E-state index in [2.05, 4.69) is 36.1 Å². The molecule has 0 aromatic carbocycles. The third-order valence-electron chi connectivity index (χ3n) is 2.44. The van der Waals surface area contributed by atoms with E-state index in [1.165, 1.54) is 0 Å². The van der Waals surface area contributed by atoms with Gasteiger partial charge >= 0.3 is 0 Å². The molecule has 0 fully saturated rings. The highest BCUT2D eigenvalue weighted by molar-refractivity contribution is 4.91. The van der Waals surface area contributed by atoms with Gasteiger partial charge < -0.3 is 10.1 Å². The largest absolute Gasteiger partial charge is 0.380 e. The first-order valence-corrected chi connectivity index (χ1v) is 6.53. The first-order chi connectivity index (χ1) is 8.72. The van der Waals surface area contributed by atoms with Crippen molar-refractivity contribution in [2.75, 3.05) is 13.2 Å². The van der Waals surface area contributed by atoms with Crippen LogP contribution < -0.4 is 5.32 Å². The molecule has 1 aromatic heterocycles. The predicted molar refractivity (Wildman–Crippen MR) is 72.2 cm³/mol. The summed E-state index contributed by atoms with van der Waals surface area (Å²) in [5, 5.41) is 11.5. The van der Waals surface area contributed by atoms with Crippen LogP contribution in [0.1, 0.15) is 32.4 Å². The summed E-state index contributed by atoms with van der Waals surface area (Å²) in [5.74, 6) is 0. The minimum Gasteiger partial charge on any atom is -0.380 e. The number of rotatable bonds is 10. The van der Waals surface area contributed by atoms with Crippen LogP contribution in [0.3, 0.4) is 0 Å². The zero-order valence-electron chi connectivity index (χ0n) is 11.4. The first-order valence-electron chi connectivity index (χ1n) is 6.53. The number of nitrogens with zero attached hydrogens (tertiary/aromatic N) is 3. The van der Waals surface area contributed by atoms with Crippen molar-refractivity contribution in [2.24, 2.45) is 0 Å². The average Bonchev–Trinajstić information content (AvgIpc) is 2.79. The highest BCUT2D eigenvalue weighted by Crippen LogP contribution is 1.95. The Labute approximate surface area is 109 Å². The van der Waals surface area contributed by atoms with Crippen molar-refractivity contribution < 1.29 is 4.74 Å². The van der Waals surface area contributed by atoms with Crippen LogP contribution in [-0.2, 0) is 17.8 Å². The second-order valence-corrected chi connectivity index (χ2v) is 4.55. The Bertz CT molecular complexity index is 335. The van der Waals surface area contributed by atoms with Crippen LogP contribution in [0.5, 0.6) is 0 Å². The van der Waals surface area contributed by atoms with Gasteiger partial charge in [0.1, 0.15) is 0 Å². The average molecular weight is 252 g/mol. The summed E-state index contributed by atoms with van der Waals surface area (Å²) in [6.07, 6.45) is 5.91. The van der Waals surface area contributed by atoms with E-state index in [9.17, 15) is 0 Å². The van der Waals surface area contributed by atoms with Crippen LogP contribution in [0, 0.1) is 0 Å². The third kappa shape index (κ3) is 6.51. The molecule has 18 heavy (non-hydrogen) atoms. The fraction of sp³-hybridized carbons (Fsp3) is 0.692. The highest BCUT2D eigenvalue weighted by Gasteiger charge is 2.01. The Kier molecular flexibility index (Phi) is 7.29. The molecule has 5 heteroatoms. The molecule has 0 saturated heterocycles. The lowest BCUT2D eigenvalue weighted by Crippen LogP contribution is -2.21. The highest BCUT2D eigenvalue weighted by atomic mass is 16.5. The van der Waals surface area contributed by atoms with E-state index in [4.69, 9.17) is 4.74 Å². The topological polar surface area (TPSA) is 52.0 Å². The summed E-state index contributed by atoms with van der Waals surface area (Å²) >= 11 is 0. The standard InChI is InChI=1S/C13H24N4O/c1-4-5-6-8-18-9-7-17-11-13(15-16-17)10-14-12(2)3/h4,11-12,14H,1,5-10H2,2-3H3. The van der Waals surface area contributed by atoms with Crippen LogP contribution >= 0.6 is 0 Å². The van der Waals surface area contributed by atoms with E-state index in [1.807, 2.05) is 17.0 Å². The molecule has 0 amide bonds. The van der Waals surface area contributed by atoms with Gasteiger partial charge in [-0.1, -0.05) is 25.1 Å². The number of hydrogen-bond acceptors (Lipinski definition) is 4. The van der Waals surface area contributed by atoms with Gasteiger partial charge in [-0.2, -0.15) is 0 Å². The van der Waals surface area contributed by atoms with Crippen molar-refractivity contribution in [1.82, 2.24) is 20.3 Å². The summed E-state index contributed by atoms with van der Waals surface area (Å²) in [4.78, 5) is 0. The molecular weight excluding hydrogens is 228 g/mol. The first kappa shape index (κ1) is 14.9. The van der Waals surface area contributed by atoms with Crippen LogP contribution in [0.15, 0.2) is 18.9 Å². The van der Waals surface area contributed by atoms with Gasteiger partial charge in [-0.05, 0) is 12.8 Å². The quantitative estimate of drug-likeness (QED) is 0.509.